The normalized spacial score (nSPS) is 30.4. The zero-order valence-corrected chi connectivity index (χ0v) is 12.8. The number of hydrogen-bond acceptors (Lipinski definition) is 4. The second-order valence-corrected chi connectivity index (χ2v) is 7.14. The fourth-order valence-electron chi connectivity index (χ4n) is 3.19. The second kappa shape index (κ2) is 5.90. The maximum atomic E-state index is 4.47. The Bertz CT molecular complexity index is 388. The maximum Gasteiger partial charge on any atom is 0.107 e. The molecular weight excluding hydrogens is 254 g/mol. The van der Waals surface area contributed by atoms with Crippen molar-refractivity contribution in [3.63, 3.8) is 0 Å². The Hall–Kier alpha value is -0.450. The van der Waals surface area contributed by atoms with Gasteiger partial charge in [-0.1, -0.05) is 20.3 Å². The van der Waals surface area contributed by atoms with Crippen LogP contribution < -0.4 is 5.32 Å². The molecule has 3 unspecified atom stereocenters. The first-order chi connectivity index (χ1) is 9.28. The first-order valence-electron chi connectivity index (χ1n) is 7.63. The molecule has 0 radical (unpaired) electrons. The molecule has 1 aromatic heterocycles. The lowest BCUT2D eigenvalue weighted by atomic mass is 9.93. The number of thiazole rings is 1. The zero-order valence-electron chi connectivity index (χ0n) is 12.0. The van der Waals surface area contributed by atoms with Gasteiger partial charge < -0.3 is 5.32 Å². The number of rotatable bonds is 5. The third kappa shape index (κ3) is 3.18. The predicted molar refractivity (Wildman–Crippen MR) is 80.3 cm³/mol. The quantitative estimate of drug-likeness (QED) is 0.898. The summed E-state index contributed by atoms with van der Waals surface area (Å²) in [5.41, 5.74) is 0. The summed E-state index contributed by atoms with van der Waals surface area (Å²) in [6, 6.07) is 1.39. The molecule has 1 aliphatic carbocycles. The Morgan fingerprint density at radius 2 is 2.37 bits per heavy atom. The molecule has 3 atom stereocenters. The zero-order chi connectivity index (χ0) is 13.2. The van der Waals surface area contributed by atoms with Crippen molar-refractivity contribution in [2.24, 2.45) is 11.8 Å². The summed E-state index contributed by atoms with van der Waals surface area (Å²) in [5.74, 6) is 1.70. The van der Waals surface area contributed by atoms with E-state index in [0.29, 0.717) is 6.04 Å². The molecule has 2 heterocycles. The van der Waals surface area contributed by atoms with Crippen LogP contribution in [0.3, 0.4) is 0 Å². The number of piperazine rings is 1. The molecule has 0 aromatic carbocycles. The van der Waals surface area contributed by atoms with Crippen LogP contribution in [-0.2, 0) is 6.54 Å². The van der Waals surface area contributed by atoms with Crippen LogP contribution in [0.1, 0.15) is 38.1 Å². The lowest BCUT2D eigenvalue weighted by Gasteiger charge is -2.43. The van der Waals surface area contributed by atoms with Crippen LogP contribution in [0.25, 0.3) is 0 Å². The van der Waals surface area contributed by atoms with Gasteiger partial charge in [-0.3, -0.25) is 4.90 Å². The van der Waals surface area contributed by atoms with Crippen LogP contribution in [0.4, 0.5) is 0 Å². The lowest BCUT2D eigenvalue weighted by molar-refractivity contribution is 0.0786. The highest BCUT2D eigenvalue weighted by molar-refractivity contribution is 7.09. The molecule has 19 heavy (non-hydrogen) atoms. The van der Waals surface area contributed by atoms with Crippen LogP contribution in [0.15, 0.2) is 11.6 Å². The van der Waals surface area contributed by atoms with Crippen molar-refractivity contribution in [2.75, 3.05) is 13.1 Å². The average molecular weight is 279 g/mol. The van der Waals surface area contributed by atoms with E-state index in [2.05, 4.69) is 34.4 Å². The average Bonchev–Trinajstić information content (AvgIpc) is 3.17. The van der Waals surface area contributed by atoms with E-state index in [1.807, 2.05) is 6.20 Å². The SMILES string of the molecule is CCC(C)C1CNC(C2CC2)CN1Cc1nccs1. The Balaban J connectivity index is 1.68. The molecule has 2 aliphatic rings. The van der Waals surface area contributed by atoms with Crippen molar-refractivity contribution in [2.45, 2.75) is 51.7 Å². The number of nitrogens with one attached hydrogen (secondary N) is 1. The van der Waals surface area contributed by atoms with Crippen LogP contribution in [0, 0.1) is 11.8 Å². The third-order valence-electron chi connectivity index (χ3n) is 4.80. The highest BCUT2D eigenvalue weighted by Crippen LogP contribution is 2.35. The number of nitrogens with zero attached hydrogens (tertiary/aromatic N) is 2. The van der Waals surface area contributed by atoms with E-state index in [9.17, 15) is 0 Å². The first-order valence-corrected chi connectivity index (χ1v) is 8.51. The molecule has 2 fully saturated rings. The van der Waals surface area contributed by atoms with Gasteiger partial charge in [-0.05, 0) is 24.7 Å². The summed E-state index contributed by atoms with van der Waals surface area (Å²) in [4.78, 5) is 7.16. The Kier molecular flexibility index (Phi) is 4.20. The summed E-state index contributed by atoms with van der Waals surface area (Å²) in [7, 11) is 0. The Labute approximate surface area is 120 Å². The Morgan fingerprint density at radius 1 is 1.53 bits per heavy atom. The number of hydrogen-bond donors (Lipinski definition) is 1. The van der Waals surface area contributed by atoms with Gasteiger partial charge in [0, 0.05) is 36.8 Å². The lowest BCUT2D eigenvalue weighted by Crippen LogP contribution is -2.58. The van der Waals surface area contributed by atoms with E-state index in [4.69, 9.17) is 0 Å². The van der Waals surface area contributed by atoms with Crippen LogP contribution in [0.5, 0.6) is 0 Å². The minimum atomic E-state index is 0.670. The molecule has 106 valence electrons. The van der Waals surface area contributed by atoms with Crippen molar-refractivity contribution in [1.82, 2.24) is 15.2 Å². The van der Waals surface area contributed by atoms with Gasteiger partial charge in [0.1, 0.15) is 5.01 Å². The van der Waals surface area contributed by atoms with Gasteiger partial charge in [0.25, 0.3) is 0 Å². The highest BCUT2D eigenvalue weighted by atomic mass is 32.1. The van der Waals surface area contributed by atoms with Gasteiger partial charge in [-0.2, -0.15) is 0 Å². The molecule has 1 aliphatic heterocycles. The van der Waals surface area contributed by atoms with Gasteiger partial charge in [0.05, 0.1) is 6.54 Å². The molecular formula is C15H25N3S. The van der Waals surface area contributed by atoms with E-state index in [0.717, 1.165) is 31.0 Å². The monoisotopic (exact) mass is 279 g/mol. The van der Waals surface area contributed by atoms with E-state index in [-0.39, 0.29) is 0 Å². The highest BCUT2D eigenvalue weighted by Gasteiger charge is 2.38. The summed E-state index contributed by atoms with van der Waals surface area (Å²) < 4.78 is 0. The summed E-state index contributed by atoms with van der Waals surface area (Å²) in [6.07, 6.45) is 6.04. The Morgan fingerprint density at radius 3 is 3.00 bits per heavy atom. The fourth-order valence-corrected chi connectivity index (χ4v) is 3.83. The summed E-state index contributed by atoms with van der Waals surface area (Å²) in [6.45, 7) is 8.09. The van der Waals surface area contributed by atoms with Gasteiger partial charge in [0.2, 0.25) is 0 Å². The fraction of sp³-hybridized carbons (Fsp3) is 0.800. The molecule has 1 saturated heterocycles. The van der Waals surface area contributed by atoms with E-state index >= 15 is 0 Å². The maximum absolute atomic E-state index is 4.47. The van der Waals surface area contributed by atoms with Gasteiger partial charge >= 0.3 is 0 Å². The topological polar surface area (TPSA) is 28.2 Å². The minimum Gasteiger partial charge on any atom is -0.311 e. The standard InChI is InChI=1S/C15H25N3S/c1-3-11(2)14-8-17-13(12-4-5-12)9-18(14)10-15-16-6-7-19-15/h6-7,11-14,17H,3-5,8-10H2,1-2H3. The van der Waals surface area contributed by atoms with E-state index < -0.39 is 0 Å². The van der Waals surface area contributed by atoms with Gasteiger partial charge in [-0.15, -0.1) is 11.3 Å². The molecule has 0 spiro atoms. The van der Waals surface area contributed by atoms with Crippen molar-refractivity contribution in [3.8, 4) is 0 Å². The number of aromatic nitrogens is 1. The van der Waals surface area contributed by atoms with Crippen molar-refractivity contribution >= 4 is 11.3 Å². The smallest absolute Gasteiger partial charge is 0.107 e. The largest absolute Gasteiger partial charge is 0.311 e. The molecule has 4 heteroatoms. The van der Waals surface area contributed by atoms with Crippen molar-refractivity contribution in [3.05, 3.63) is 16.6 Å². The molecule has 1 aromatic rings. The molecule has 3 nitrogen and oxygen atoms in total. The molecule has 3 rings (SSSR count). The second-order valence-electron chi connectivity index (χ2n) is 6.16. The van der Waals surface area contributed by atoms with Crippen molar-refractivity contribution < 1.29 is 0 Å². The van der Waals surface area contributed by atoms with Crippen LogP contribution in [0.2, 0.25) is 0 Å². The van der Waals surface area contributed by atoms with E-state index in [1.54, 1.807) is 11.3 Å². The molecule has 0 bridgehead atoms. The minimum absolute atomic E-state index is 0.670. The third-order valence-corrected chi connectivity index (χ3v) is 5.57. The van der Waals surface area contributed by atoms with Crippen LogP contribution >= 0.6 is 11.3 Å². The molecule has 0 amide bonds. The molecule has 1 saturated carbocycles. The van der Waals surface area contributed by atoms with E-state index in [1.165, 1.54) is 30.8 Å². The summed E-state index contributed by atoms with van der Waals surface area (Å²) in [5, 5.41) is 7.16. The van der Waals surface area contributed by atoms with Gasteiger partial charge in [0.15, 0.2) is 0 Å². The van der Waals surface area contributed by atoms with Crippen molar-refractivity contribution in [1.29, 1.82) is 0 Å². The van der Waals surface area contributed by atoms with Crippen LogP contribution in [-0.4, -0.2) is 35.1 Å². The van der Waals surface area contributed by atoms with Gasteiger partial charge in [-0.25, -0.2) is 4.98 Å². The molecule has 1 N–H and O–H groups in total. The first kappa shape index (κ1) is 13.5. The predicted octanol–water partition coefficient (Wildman–Crippen LogP) is 2.74. The summed E-state index contributed by atoms with van der Waals surface area (Å²) >= 11 is 1.79.